The third-order valence-electron chi connectivity index (χ3n) is 2.17. The highest BCUT2D eigenvalue weighted by molar-refractivity contribution is 6.32. The molecule has 0 fully saturated rings. The molecule has 0 saturated heterocycles. The first kappa shape index (κ1) is 11.4. The SMILES string of the molecule is Cc1ccc(F)c([C@@H](N)C(C)O)c1Cl. The van der Waals surface area contributed by atoms with Crippen LogP contribution in [0.1, 0.15) is 24.1 Å². The van der Waals surface area contributed by atoms with Crippen molar-refractivity contribution in [1.82, 2.24) is 0 Å². The van der Waals surface area contributed by atoms with Crippen molar-refractivity contribution in [3.8, 4) is 0 Å². The first-order valence-corrected chi connectivity index (χ1v) is 4.71. The molecule has 4 heteroatoms. The van der Waals surface area contributed by atoms with Gasteiger partial charge in [0.2, 0.25) is 0 Å². The van der Waals surface area contributed by atoms with Gasteiger partial charge in [-0.05, 0) is 25.5 Å². The van der Waals surface area contributed by atoms with E-state index in [1.165, 1.54) is 13.0 Å². The molecular weight excluding hydrogens is 205 g/mol. The normalized spacial score (nSPS) is 15.3. The van der Waals surface area contributed by atoms with Crippen LogP contribution in [0.2, 0.25) is 5.02 Å². The van der Waals surface area contributed by atoms with Crippen molar-refractivity contribution in [3.05, 3.63) is 34.1 Å². The van der Waals surface area contributed by atoms with Crippen LogP contribution in [0.4, 0.5) is 4.39 Å². The van der Waals surface area contributed by atoms with Gasteiger partial charge in [-0.1, -0.05) is 17.7 Å². The van der Waals surface area contributed by atoms with Gasteiger partial charge in [0.05, 0.1) is 17.2 Å². The van der Waals surface area contributed by atoms with E-state index in [1.807, 2.05) is 0 Å². The van der Waals surface area contributed by atoms with E-state index < -0.39 is 18.0 Å². The quantitative estimate of drug-likeness (QED) is 0.798. The molecule has 0 aliphatic heterocycles. The van der Waals surface area contributed by atoms with Gasteiger partial charge in [0.25, 0.3) is 0 Å². The van der Waals surface area contributed by atoms with Crippen molar-refractivity contribution in [3.63, 3.8) is 0 Å². The molecule has 3 N–H and O–H groups in total. The Morgan fingerprint density at radius 3 is 2.57 bits per heavy atom. The van der Waals surface area contributed by atoms with E-state index in [0.717, 1.165) is 5.56 Å². The Hall–Kier alpha value is -0.640. The molecule has 1 aromatic rings. The predicted octanol–water partition coefficient (Wildman–Crippen LogP) is 2.17. The van der Waals surface area contributed by atoms with E-state index in [9.17, 15) is 9.50 Å². The van der Waals surface area contributed by atoms with Crippen LogP contribution in [0.5, 0.6) is 0 Å². The van der Waals surface area contributed by atoms with Crippen molar-refractivity contribution < 1.29 is 9.50 Å². The summed E-state index contributed by atoms with van der Waals surface area (Å²) in [6.45, 7) is 3.27. The fraction of sp³-hybridized carbons (Fsp3) is 0.400. The van der Waals surface area contributed by atoms with Crippen molar-refractivity contribution in [2.24, 2.45) is 5.73 Å². The molecule has 1 aromatic carbocycles. The Kier molecular flexibility index (Phi) is 3.48. The first-order chi connectivity index (χ1) is 6.45. The number of aryl methyl sites for hydroxylation is 1. The summed E-state index contributed by atoms with van der Waals surface area (Å²) >= 11 is 5.91. The zero-order valence-corrected chi connectivity index (χ0v) is 8.85. The minimum absolute atomic E-state index is 0.182. The summed E-state index contributed by atoms with van der Waals surface area (Å²) in [7, 11) is 0. The van der Waals surface area contributed by atoms with E-state index in [2.05, 4.69) is 0 Å². The van der Waals surface area contributed by atoms with Gasteiger partial charge in [-0.3, -0.25) is 0 Å². The molecular formula is C10H13ClFNO. The fourth-order valence-electron chi connectivity index (χ4n) is 1.23. The molecule has 2 atom stereocenters. The van der Waals surface area contributed by atoms with E-state index in [1.54, 1.807) is 13.0 Å². The average molecular weight is 218 g/mol. The van der Waals surface area contributed by atoms with Crippen LogP contribution in [0.3, 0.4) is 0 Å². The highest BCUT2D eigenvalue weighted by Crippen LogP contribution is 2.29. The second-order valence-electron chi connectivity index (χ2n) is 3.36. The lowest BCUT2D eigenvalue weighted by atomic mass is 10.0. The largest absolute Gasteiger partial charge is 0.391 e. The van der Waals surface area contributed by atoms with Crippen molar-refractivity contribution in [2.45, 2.75) is 26.0 Å². The molecule has 0 saturated carbocycles. The Labute approximate surface area is 87.5 Å². The molecule has 14 heavy (non-hydrogen) atoms. The minimum Gasteiger partial charge on any atom is -0.391 e. The standard InChI is InChI=1S/C10H13ClFNO/c1-5-3-4-7(12)8(9(5)11)10(13)6(2)14/h3-4,6,10,14H,13H2,1-2H3/t6?,10-/m0/s1. The van der Waals surface area contributed by atoms with E-state index >= 15 is 0 Å². The molecule has 0 heterocycles. The van der Waals surface area contributed by atoms with Crippen LogP contribution >= 0.6 is 11.6 Å². The Balaban J connectivity index is 3.25. The lowest BCUT2D eigenvalue weighted by molar-refractivity contribution is 0.162. The molecule has 0 aromatic heterocycles. The average Bonchev–Trinajstić information content (AvgIpc) is 2.12. The lowest BCUT2D eigenvalue weighted by Crippen LogP contribution is -2.24. The van der Waals surface area contributed by atoms with E-state index in [4.69, 9.17) is 17.3 Å². The summed E-state index contributed by atoms with van der Waals surface area (Å²) in [6.07, 6.45) is -0.830. The smallest absolute Gasteiger partial charge is 0.129 e. The van der Waals surface area contributed by atoms with Crippen molar-refractivity contribution in [2.75, 3.05) is 0 Å². The zero-order valence-electron chi connectivity index (χ0n) is 8.09. The van der Waals surface area contributed by atoms with Gasteiger partial charge in [0, 0.05) is 5.56 Å². The Morgan fingerprint density at radius 1 is 1.50 bits per heavy atom. The molecule has 0 radical (unpaired) electrons. The van der Waals surface area contributed by atoms with Crippen molar-refractivity contribution in [1.29, 1.82) is 0 Å². The molecule has 1 rings (SSSR count). The fourth-order valence-corrected chi connectivity index (χ4v) is 1.50. The number of aliphatic hydroxyl groups is 1. The topological polar surface area (TPSA) is 46.2 Å². The summed E-state index contributed by atoms with van der Waals surface area (Å²) in [5, 5.41) is 9.55. The van der Waals surface area contributed by atoms with Gasteiger partial charge in [-0.25, -0.2) is 4.39 Å². The van der Waals surface area contributed by atoms with Crippen LogP contribution in [0.25, 0.3) is 0 Å². The van der Waals surface area contributed by atoms with Gasteiger partial charge in [-0.15, -0.1) is 0 Å². The van der Waals surface area contributed by atoms with Gasteiger partial charge < -0.3 is 10.8 Å². The molecule has 0 spiro atoms. The molecule has 0 aliphatic rings. The molecule has 0 aliphatic carbocycles. The van der Waals surface area contributed by atoms with Crippen LogP contribution in [0, 0.1) is 12.7 Å². The van der Waals surface area contributed by atoms with Crippen LogP contribution in [0.15, 0.2) is 12.1 Å². The minimum atomic E-state index is -0.830. The van der Waals surface area contributed by atoms with Crippen LogP contribution in [-0.2, 0) is 0 Å². The maximum atomic E-state index is 13.4. The Bertz CT molecular complexity index is 341. The van der Waals surface area contributed by atoms with Gasteiger partial charge >= 0.3 is 0 Å². The van der Waals surface area contributed by atoms with E-state index in [0.29, 0.717) is 5.02 Å². The maximum Gasteiger partial charge on any atom is 0.129 e. The number of aliphatic hydroxyl groups excluding tert-OH is 1. The second-order valence-corrected chi connectivity index (χ2v) is 3.74. The highest BCUT2D eigenvalue weighted by atomic mass is 35.5. The third kappa shape index (κ3) is 2.05. The summed E-state index contributed by atoms with van der Waals surface area (Å²) in [5.41, 5.74) is 6.57. The highest BCUT2D eigenvalue weighted by Gasteiger charge is 2.20. The number of hydrogen-bond donors (Lipinski definition) is 2. The van der Waals surface area contributed by atoms with Crippen LogP contribution < -0.4 is 5.73 Å². The molecule has 2 nitrogen and oxygen atoms in total. The number of rotatable bonds is 2. The maximum absolute atomic E-state index is 13.4. The number of halogens is 2. The molecule has 78 valence electrons. The second kappa shape index (κ2) is 4.26. The summed E-state index contributed by atoms with van der Waals surface area (Å²) < 4.78 is 13.4. The Morgan fingerprint density at radius 2 is 2.07 bits per heavy atom. The summed E-state index contributed by atoms with van der Waals surface area (Å²) in [4.78, 5) is 0. The van der Waals surface area contributed by atoms with Gasteiger partial charge in [0.1, 0.15) is 5.82 Å². The summed E-state index contributed by atoms with van der Waals surface area (Å²) in [6, 6.07) is 2.09. The number of hydrogen-bond acceptors (Lipinski definition) is 2. The monoisotopic (exact) mass is 217 g/mol. The first-order valence-electron chi connectivity index (χ1n) is 4.33. The lowest BCUT2D eigenvalue weighted by Gasteiger charge is -2.18. The number of nitrogens with two attached hydrogens (primary N) is 1. The van der Waals surface area contributed by atoms with Gasteiger partial charge in [-0.2, -0.15) is 0 Å². The van der Waals surface area contributed by atoms with Crippen LogP contribution in [-0.4, -0.2) is 11.2 Å². The predicted molar refractivity (Wildman–Crippen MR) is 54.8 cm³/mol. The molecule has 0 amide bonds. The van der Waals surface area contributed by atoms with Crippen molar-refractivity contribution >= 4 is 11.6 Å². The molecule has 1 unspecified atom stereocenters. The third-order valence-corrected chi connectivity index (χ3v) is 2.67. The summed E-state index contributed by atoms with van der Waals surface area (Å²) in [5.74, 6) is -0.478. The zero-order chi connectivity index (χ0) is 10.9. The number of benzene rings is 1. The van der Waals surface area contributed by atoms with E-state index in [-0.39, 0.29) is 5.56 Å². The van der Waals surface area contributed by atoms with Gasteiger partial charge in [0.15, 0.2) is 0 Å². The molecule has 0 bridgehead atoms.